The molecule has 1 aliphatic rings. The Morgan fingerprint density at radius 2 is 2.00 bits per heavy atom. The lowest BCUT2D eigenvalue weighted by atomic mass is 10.0. The minimum absolute atomic E-state index is 0.0978. The predicted octanol–water partition coefficient (Wildman–Crippen LogP) is 1.31. The Bertz CT molecular complexity index is 939. The van der Waals surface area contributed by atoms with Gasteiger partial charge in [0.2, 0.25) is 0 Å². The first-order valence-corrected chi connectivity index (χ1v) is 9.91. The van der Waals surface area contributed by atoms with E-state index >= 15 is 0 Å². The van der Waals surface area contributed by atoms with Gasteiger partial charge in [0, 0.05) is 36.6 Å². The molecule has 1 aliphatic heterocycles. The smallest absolute Gasteiger partial charge is 0.409 e. The molecule has 2 amide bonds. The number of hydrogen-bond donors (Lipinski definition) is 4. The van der Waals surface area contributed by atoms with Crippen LogP contribution >= 0.6 is 0 Å². The molecule has 0 spiro atoms. The Morgan fingerprint density at radius 1 is 1.32 bits per heavy atom. The van der Waals surface area contributed by atoms with Gasteiger partial charge in [0.15, 0.2) is 5.82 Å². The number of aromatic nitrogens is 2. The Balaban J connectivity index is 1.71. The van der Waals surface area contributed by atoms with Gasteiger partial charge in [-0.2, -0.15) is 5.10 Å². The average Bonchev–Trinajstić information content (AvgIpc) is 3.11. The van der Waals surface area contributed by atoms with Crippen molar-refractivity contribution in [3.63, 3.8) is 0 Å². The third-order valence-corrected chi connectivity index (χ3v) is 4.89. The van der Waals surface area contributed by atoms with Crippen LogP contribution in [0.5, 0.6) is 0 Å². The first-order chi connectivity index (χ1) is 14.5. The third-order valence-electron chi connectivity index (χ3n) is 4.89. The van der Waals surface area contributed by atoms with Crippen LogP contribution in [0.25, 0.3) is 0 Å². The molecule has 0 radical (unpaired) electrons. The van der Waals surface area contributed by atoms with Crippen LogP contribution in [0.3, 0.4) is 0 Å². The molecule has 1 aromatic carbocycles. The minimum atomic E-state index is -0.658. The van der Waals surface area contributed by atoms with Crippen LogP contribution in [0.15, 0.2) is 30.5 Å². The summed E-state index contributed by atoms with van der Waals surface area (Å²) in [7, 11) is 0. The number of piperidine rings is 1. The molecular formula is C20H28FN7O3. The van der Waals surface area contributed by atoms with E-state index in [0.717, 1.165) is 0 Å². The molecule has 168 valence electrons. The summed E-state index contributed by atoms with van der Waals surface area (Å²) in [5, 5.41) is 7.42. The summed E-state index contributed by atoms with van der Waals surface area (Å²) in [6.45, 7) is 4.31. The highest BCUT2D eigenvalue weighted by Crippen LogP contribution is 2.26. The standard InChI is InChI=1S/C20H28FN7O3/c1-20(2,24)11-31-19(30)27-8-7-16(15(22)10-27)28-9-14(17(23)29)18(26-28)25-13-5-3-12(21)4-6-13/h3-6,9,15-16H,7-8,10-11,22,24H2,1-2H3,(H2,23,29)(H,25,26)/t15-,16-/m1/s1. The number of benzene rings is 1. The van der Waals surface area contributed by atoms with Crippen LogP contribution in [0.2, 0.25) is 0 Å². The quantitative estimate of drug-likeness (QED) is 0.535. The summed E-state index contributed by atoms with van der Waals surface area (Å²) in [5.74, 6) is -0.786. The van der Waals surface area contributed by atoms with E-state index in [4.69, 9.17) is 21.9 Å². The number of nitrogens with zero attached hydrogens (tertiary/aromatic N) is 3. The normalized spacial score (nSPS) is 19.2. The molecule has 1 fully saturated rings. The zero-order valence-corrected chi connectivity index (χ0v) is 17.5. The molecule has 3 rings (SSSR count). The summed E-state index contributed by atoms with van der Waals surface area (Å²) >= 11 is 0. The van der Waals surface area contributed by atoms with Gasteiger partial charge in [-0.1, -0.05) is 0 Å². The Kier molecular flexibility index (Phi) is 6.46. The largest absolute Gasteiger partial charge is 0.447 e. The highest BCUT2D eigenvalue weighted by molar-refractivity contribution is 5.98. The fraction of sp³-hybridized carbons (Fsp3) is 0.450. The van der Waals surface area contributed by atoms with E-state index in [0.29, 0.717) is 18.7 Å². The van der Waals surface area contributed by atoms with Crippen LogP contribution in [0, 0.1) is 5.82 Å². The van der Waals surface area contributed by atoms with E-state index in [-0.39, 0.29) is 36.4 Å². The van der Waals surface area contributed by atoms with Gasteiger partial charge in [-0.05, 0) is 44.5 Å². The van der Waals surface area contributed by atoms with Gasteiger partial charge in [-0.3, -0.25) is 9.48 Å². The number of ether oxygens (including phenoxy) is 1. The first-order valence-electron chi connectivity index (χ1n) is 9.91. The van der Waals surface area contributed by atoms with E-state index < -0.39 is 23.6 Å². The van der Waals surface area contributed by atoms with Crippen molar-refractivity contribution >= 4 is 23.5 Å². The average molecular weight is 433 g/mol. The number of rotatable bonds is 6. The number of primary amides is 1. The van der Waals surface area contributed by atoms with Crippen LogP contribution in [-0.4, -0.2) is 58.0 Å². The number of nitrogens with one attached hydrogen (secondary N) is 1. The van der Waals surface area contributed by atoms with Crippen molar-refractivity contribution in [3.8, 4) is 0 Å². The van der Waals surface area contributed by atoms with E-state index in [1.807, 2.05) is 0 Å². The fourth-order valence-corrected chi connectivity index (χ4v) is 3.31. The van der Waals surface area contributed by atoms with Gasteiger partial charge in [0.05, 0.1) is 6.04 Å². The molecule has 10 nitrogen and oxygen atoms in total. The van der Waals surface area contributed by atoms with Crippen molar-refractivity contribution in [2.24, 2.45) is 17.2 Å². The van der Waals surface area contributed by atoms with Gasteiger partial charge >= 0.3 is 6.09 Å². The van der Waals surface area contributed by atoms with Crippen LogP contribution in [0.4, 0.5) is 20.7 Å². The zero-order valence-electron chi connectivity index (χ0n) is 17.5. The van der Waals surface area contributed by atoms with Gasteiger partial charge in [-0.25, -0.2) is 9.18 Å². The minimum Gasteiger partial charge on any atom is -0.447 e. The van der Waals surface area contributed by atoms with Crippen molar-refractivity contribution in [1.29, 1.82) is 0 Å². The lowest BCUT2D eigenvalue weighted by molar-refractivity contribution is 0.0693. The van der Waals surface area contributed by atoms with E-state index in [1.165, 1.54) is 35.4 Å². The SMILES string of the molecule is CC(C)(N)COC(=O)N1CC[C@@H](n2cc(C(N)=O)c(Nc3ccc(F)cc3)n2)[C@H](N)C1. The van der Waals surface area contributed by atoms with Gasteiger partial charge in [-0.15, -0.1) is 0 Å². The maximum absolute atomic E-state index is 13.1. The van der Waals surface area contributed by atoms with Crippen molar-refractivity contribution in [2.45, 2.75) is 37.9 Å². The fourth-order valence-electron chi connectivity index (χ4n) is 3.31. The zero-order chi connectivity index (χ0) is 22.8. The number of carbonyl (C=O) groups is 2. The molecule has 2 aromatic rings. The summed E-state index contributed by atoms with van der Waals surface area (Å²) < 4.78 is 20.0. The third kappa shape index (κ3) is 5.70. The predicted molar refractivity (Wildman–Crippen MR) is 113 cm³/mol. The molecule has 2 atom stereocenters. The number of carbonyl (C=O) groups excluding carboxylic acids is 2. The van der Waals surface area contributed by atoms with E-state index in [2.05, 4.69) is 10.4 Å². The summed E-state index contributed by atoms with van der Waals surface area (Å²) in [5.41, 5.74) is 17.8. The van der Waals surface area contributed by atoms with Gasteiger partial charge < -0.3 is 32.2 Å². The van der Waals surface area contributed by atoms with Crippen molar-refractivity contribution in [3.05, 3.63) is 41.8 Å². The second-order valence-electron chi connectivity index (χ2n) is 8.38. The van der Waals surface area contributed by atoms with Crippen molar-refractivity contribution < 1.29 is 18.7 Å². The van der Waals surface area contributed by atoms with Crippen molar-refractivity contribution in [2.75, 3.05) is 25.0 Å². The van der Waals surface area contributed by atoms with Gasteiger partial charge in [0.1, 0.15) is 18.0 Å². The summed E-state index contributed by atoms with van der Waals surface area (Å²) in [4.78, 5) is 25.7. The second kappa shape index (κ2) is 8.90. The molecule has 31 heavy (non-hydrogen) atoms. The Morgan fingerprint density at radius 3 is 2.58 bits per heavy atom. The number of nitrogens with two attached hydrogens (primary N) is 3. The van der Waals surface area contributed by atoms with Crippen molar-refractivity contribution in [1.82, 2.24) is 14.7 Å². The number of likely N-dealkylation sites (tertiary alicyclic amines) is 1. The summed E-state index contributed by atoms with van der Waals surface area (Å²) in [6, 6.07) is 4.94. The molecule has 0 unspecified atom stereocenters. The first kappa shape index (κ1) is 22.5. The molecular weight excluding hydrogens is 405 g/mol. The van der Waals surface area contributed by atoms with E-state index in [1.54, 1.807) is 18.5 Å². The molecule has 11 heteroatoms. The second-order valence-corrected chi connectivity index (χ2v) is 8.38. The molecule has 0 saturated carbocycles. The maximum Gasteiger partial charge on any atom is 0.409 e. The maximum atomic E-state index is 13.1. The molecule has 0 bridgehead atoms. The number of anilines is 2. The highest BCUT2D eigenvalue weighted by atomic mass is 19.1. The molecule has 2 heterocycles. The van der Waals surface area contributed by atoms with E-state index in [9.17, 15) is 14.0 Å². The Labute approximate surface area is 179 Å². The van der Waals surface area contributed by atoms with Gasteiger partial charge in [0.25, 0.3) is 5.91 Å². The molecule has 1 saturated heterocycles. The molecule has 1 aromatic heterocycles. The number of amides is 2. The lowest BCUT2D eigenvalue weighted by Gasteiger charge is -2.36. The molecule has 7 N–H and O–H groups in total. The van der Waals surface area contributed by atoms with Crippen LogP contribution < -0.4 is 22.5 Å². The topological polar surface area (TPSA) is 155 Å². The highest BCUT2D eigenvalue weighted by Gasteiger charge is 2.33. The number of halogens is 1. The van der Waals surface area contributed by atoms with Crippen LogP contribution in [-0.2, 0) is 4.74 Å². The summed E-state index contributed by atoms with van der Waals surface area (Å²) in [6.07, 6.45) is 1.58. The Hall–Kier alpha value is -3.18. The monoisotopic (exact) mass is 433 g/mol. The lowest BCUT2D eigenvalue weighted by Crippen LogP contribution is -2.52. The van der Waals surface area contributed by atoms with Crippen LogP contribution in [0.1, 0.15) is 36.7 Å². The molecule has 0 aliphatic carbocycles. The number of hydrogen-bond acceptors (Lipinski definition) is 7.